The van der Waals surface area contributed by atoms with Crippen LogP contribution in [0.5, 0.6) is 0 Å². The van der Waals surface area contributed by atoms with Gasteiger partial charge in [-0.05, 0) is 79.3 Å². The van der Waals surface area contributed by atoms with Crippen molar-refractivity contribution in [2.45, 2.75) is 58.8 Å². The summed E-state index contributed by atoms with van der Waals surface area (Å²) in [6, 6.07) is 16.8. The van der Waals surface area contributed by atoms with Crippen LogP contribution in [0.2, 0.25) is 0 Å². The first-order valence-corrected chi connectivity index (χ1v) is 12.5. The molecule has 3 heterocycles. The summed E-state index contributed by atoms with van der Waals surface area (Å²) >= 11 is 0. The molecule has 6 aromatic rings. The number of aromatic nitrogens is 2. The molecule has 0 unspecified atom stereocenters. The number of hydrogen-bond acceptors (Lipinski definition) is 0. The largest absolute Gasteiger partial charge is 0.303 e. The molecule has 0 N–H and O–H groups in total. The minimum Gasteiger partial charge on any atom is -0.303 e. The van der Waals surface area contributed by atoms with E-state index in [9.17, 15) is 0 Å². The van der Waals surface area contributed by atoms with E-state index in [-0.39, 0.29) is 0 Å². The Morgan fingerprint density at radius 3 is 2.45 bits per heavy atom. The summed E-state index contributed by atoms with van der Waals surface area (Å²) in [4.78, 5) is 0. The minimum absolute atomic E-state index is 0.711. The molecule has 7 rings (SSSR count). The number of hydrogen-bond donors (Lipinski definition) is 0. The molecule has 0 saturated heterocycles. The zero-order valence-electron chi connectivity index (χ0n) is 20.1. The molecule has 3 aromatic heterocycles. The lowest BCUT2D eigenvalue weighted by Crippen LogP contribution is -2.29. The van der Waals surface area contributed by atoms with Gasteiger partial charge in [-0.2, -0.15) is 4.57 Å². The van der Waals surface area contributed by atoms with E-state index in [1.165, 1.54) is 103 Å². The van der Waals surface area contributed by atoms with Gasteiger partial charge in [0.2, 0.25) is 5.52 Å². The number of rotatable bonds is 1. The third-order valence-corrected chi connectivity index (χ3v) is 8.51. The Kier molecular flexibility index (Phi) is 3.93. The molecule has 164 valence electrons. The maximum Gasteiger partial charge on any atom is 0.238 e. The van der Waals surface area contributed by atoms with E-state index in [0.717, 1.165) is 0 Å². The number of aryl methyl sites for hydroxylation is 4. The smallest absolute Gasteiger partial charge is 0.238 e. The molecule has 3 aromatic carbocycles. The fourth-order valence-electron chi connectivity index (χ4n) is 6.77. The van der Waals surface area contributed by atoms with Gasteiger partial charge >= 0.3 is 0 Å². The number of nitrogens with zero attached hydrogens (tertiary/aromatic N) is 2. The maximum absolute atomic E-state index is 2.59. The summed E-state index contributed by atoms with van der Waals surface area (Å²) in [5.41, 5.74) is 11.1. The van der Waals surface area contributed by atoms with Crippen LogP contribution in [0.3, 0.4) is 0 Å². The second kappa shape index (κ2) is 6.70. The predicted octanol–water partition coefficient (Wildman–Crippen LogP) is 7.79. The molecule has 0 radical (unpaired) electrons. The SMILES string of the molecule is Cc1cc2cc(C)c(C)c3c2c(c1)n1c2cc(C4CCCCC4)ccc2c2cc[n+](C)c3c21. The van der Waals surface area contributed by atoms with Crippen molar-refractivity contribution >= 4 is 49.0 Å². The lowest BCUT2D eigenvalue weighted by atomic mass is 9.84. The fourth-order valence-corrected chi connectivity index (χ4v) is 6.77. The quantitative estimate of drug-likeness (QED) is 0.143. The van der Waals surface area contributed by atoms with E-state index in [4.69, 9.17) is 0 Å². The molecule has 2 heteroatoms. The van der Waals surface area contributed by atoms with E-state index in [2.05, 4.69) is 85.4 Å². The molecule has 0 atom stereocenters. The Labute approximate surface area is 194 Å². The van der Waals surface area contributed by atoms with Crippen molar-refractivity contribution in [3.63, 3.8) is 0 Å². The second-order valence-corrected chi connectivity index (χ2v) is 10.6. The van der Waals surface area contributed by atoms with Gasteiger partial charge in [0.25, 0.3) is 0 Å². The van der Waals surface area contributed by atoms with Crippen LogP contribution in [0.4, 0.5) is 0 Å². The summed E-state index contributed by atoms with van der Waals surface area (Å²) in [6.45, 7) is 6.79. The Bertz CT molecular complexity index is 1730. The number of pyridine rings is 2. The molecule has 0 amide bonds. The molecule has 33 heavy (non-hydrogen) atoms. The highest BCUT2D eigenvalue weighted by Gasteiger charge is 2.26. The Morgan fingerprint density at radius 2 is 1.64 bits per heavy atom. The third-order valence-electron chi connectivity index (χ3n) is 8.51. The maximum atomic E-state index is 2.59. The van der Waals surface area contributed by atoms with E-state index in [0.29, 0.717) is 5.92 Å². The molecule has 1 aliphatic carbocycles. The van der Waals surface area contributed by atoms with E-state index >= 15 is 0 Å². The monoisotopic (exact) mass is 431 g/mol. The minimum atomic E-state index is 0.711. The third kappa shape index (κ3) is 2.52. The van der Waals surface area contributed by atoms with Crippen LogP contribution >= 0.6 is 0 Å². The first kappa shape index (κ1) is 19.3. The first-order chi connectivity index (χ1) is 16.0. The van der Waals surface area contributed by atoms with Crippen LogP contribution in [-0.4, -0.2) is 4.40 Å². The summed E-state index contributed by atoms with van der Waals surface area (Å²) in [5.74, 6) is 0.711. The lowest BCUT2D eigenvalue weighted by molar-refractivity contribution is -0.644. The second-order valence-electron chi connectivity index (χ2n) is 10.6. The van der Waals surface area contributed by atoms with Gasteiger partial charge in [0, 0.05) is 22.2 Å². The van der Waals surface area contributed by atoms with Gasteiger partial charge in [0.05, 0.1) is 16.4 Å². The van der Waals surface area contributed by atoms with Crippen molar-refractivity contribution in [2.75, 3.05) is 0 Å². The Morgan fingerprint density at radius 1 is 0.818 bits per heavy atom. The normalized spacial score (nSPS) is 15.8. The molecule has 0 spiro atoms. The molecule has 0 bridgehead atoms. The van der Waals surface area contributed by atoms with E-state index < -0.39 is 0 Å². The predicted molar refractivity (Wildman–Crippen MR) is 140 cm³/mol. The van der Waals surface area contributed by atoms with Gasteiger partial charge in [-0.1, -0.05) is 43.5 Å². The topological polar surface area (TPSA) is 8.29 Å². The first-order valence-electron chi connectivity index (χ1n) is 12.5. The molecule has 2 nitrogen and oxygen atoms in total. The van der Waals surface area contributed by atoms with Crippen LogP contribution in [0.25, 0.3) is 49.0 Å². The summed E-state index contributed by atoms with van der Waals surface area (Å²) in [5, 5.41) is 6.92. The van der Waals surface area contributed by atoms with Crippen LogP contribution in [0.15, 0.2) is 48.7 Å². The van der Waals surface area contributed by atoms with Crippen molar-refractivity contribution in [3.8, 4) is 0 Å². The Balaban J connectivity index is 1.76. The van der Waals surface area contributed by atoms with Crippen molar-refractivity contribution in [1.82, 2.24) is 4.40 Å². The lowest BCUT2D eigenvalue weighted by Gasteiger charge is -2.22. The van der Waals surface area contributed by atoms with Crippen LogP contribution in [0, 0.1) is 20.8 Å². The number of benzene rings is 3. The van der Waals surface area contributed by atoms with E-state index in [1.807, 2.05) is 0 Å². The van der Waals surface area contributed by atoms with Gasteiger partial charge in [0.15, 0.2) is 6.20 Å². The zero-order chi connectivity index (χ0) is 22.4. The summed E-state index contributed by atoms with van der Waals surface area (Å²) in [7, 11) is 2.21. The van der Waals surface area contributed by atoms with Gasteiger partial charge in [-0.25, -0.2) is 0 Å². The average Bonchev–Trinajstić information content (AvgIpc) is 3.15. The van der Waals surface area contributed by atoms with Crippen molar-refractivity contribution < 1.29 is 4.57 Å². The highest BCUT2D eigenvalue weighted by Crippen LogP contribution is 2.42. The highest BCUT2D eigenvalue weighted by molar-refractivity contribution is 6.26. The fraction of sp³-hybridized carbons (Fsp3) is 0.323. The van der Waals surface area contributed by atoms with Gasteiger partial charge in [-0.3, -0.25) is 0 Å². The highest BCUT2D eigenvalue weighted by atomic mass is 15.0. The number of fused-ring (bicyclic) bond motifs is 5. The summed E-state index contributed by atoms with van der Waals surface area (Å²) in [6.07, 6.45) is 9.06. The molecule has 0 aliphatic heterocycles. The standard InChI is InChI=1S/C31H31N2/c1-18-14-23-16-19(2)20(3)28-29(23)27(15-18)33-26-17-22(21-8-6-5-7-9-21)10-11-24(26)25-12-13-32(4)31(28)30(25)33/h10-17,21H,5-9H2,1-4H3/q+1. The van der Waals surface area contributed by atoms with Crippen LogP contribution in [0.1, 0.15) is 60.3 Å². The van der Waals surface area contributed by atoms with Gasteiger partial charge < -0.3 is 4.40 Å². The molecular weight excluding hydrogens is 400 g/mol. The van der Waals surface area contributed by atoms with Gasteiger partial charge in [0.1, 0.15) is 12.6 Å². The molecule has 1 saturated carbocycles. The van der Waals surface area contributed by atoms with Crippen LogP contribution < -0.4 is 4.57 Å². The van der Waals surface area contributed by atoms with Gasteiger partial charge in [-0.15, -0.1) is 0 Å². The van der Waals surface area contributed by atoms with Crippen molar-refractivity contribution in [2.24, 2.45) is 7.05 Å². The zero-order valence-corrected chi connectivity index (χ0v) is 20.1. The summed E-state index contributed by atoms with van der Waals surface area (Å²) < 4.78 is 4.92. The molecular formula is C31H31N2+. The van der Waals surface area contributed by atoms with E-state index in [1.54, 1.807) is 0 Å². The Hall–Kier alpha value is -3.13. The van der Waals surface area contributed by atoms with Crippen molar-refractivity contribution in [1.29, 1.82) is 0 Å². The molecule has 1 aliphatic rings. The average molecular weight is 432 g/mol. The molecule has 1 fully saturated rings. The van der Waals surface area contributed by atoms with Crippen molar-refractivity contribution in [3.05, 3.63) is 70.9 Å². The van der Waals surface area contributed by atoms with Crippen LogP contribution in [-0.2, 0) is 7.05 Å².